The van der Waals surface area contributed by atoms with Gasteiger partial charge in [0.15, 0.2) is 0 Å². The van der Waals surface area contributed by atoms with Crippen LogP contribution in [0, 0.1) is 0 Å². The molecule has 0 bridgehead atoms. The van der Waals surface area contributed by atoms with Crippen molar-refractivity contribution in [3.8, 4) is 0 Å². The van der Waals surface area contributed by atoms with Gasteiger partial charge in [-0.15, -0.1) is 0 Å². The zero-order chi connectivity index (χ0) is 14.8. The summed E-state index contributed by atoms with van der Waals surface area (Å²) in [6.45, 7) is 0. The van der Waals surface area contributed by atoms with Gasteiger partial charge in [0.1, 0.15) is 0 Å². The van der Waals surface area contributed by atoms with Gasteiger partial charge in [-0.1, -0.05) is 35.3 Å². The Morgan fingerprint density at radius 1 is 1.00 bits per heavy atom. The Hall–Kier alpha value is -1.97. The summed E-state index contributed by atoms with van der Waals surface area (Å²) in [6, 6.07) is 13.1. The second kappa shape index (κ2) is 5.80. The van der Waals surface area contributed by atoms with Crippen molar-refractivity contribution < 1.29 is 0 Å². The second-order valence-electron chi connectivity index (χ2n) is 4.74. The highest BCUT2D eigenvalue weighted by Crippen LogP contribution is 2.32. The predicted octanol–water partition coefficient (Wildman–Crippen LogP) is 4.41. The number of benzene rings is 2. The molecule has 1 atom stereocenters. The molecular formula is C16H13Cl2N3. The molecule has 0 spiro atoms. The summed E-state index contributed by atoms with van der Waals surface area (Å²) in [6.07, 6.45) is 5.41. The molecular weight excluding hydrogens is 305 g/mol. The lowest BCUT2D eigenvalue weighted by Gasteiger charge is -2.21. The summed E-state index contributed by atoms with van der Waals surface area (Å²) in [5, 5.41) is 1.35. The van der Waals surface area contributed by atoms with Crippen molar-refractivity contribution in [1.29, 1.82) is 0 Å². The molecule has 0 saturated heterocycles. The van der Waals surface area contributed by atoms with E-state index in [-0.39, 0.29) is 6.04 Å². The van der Waals surface area contributed by atoms with E-state index in [4.69, 9.17) is 28.9 Å². The third kappa shape index (κ3) is 2.89. The highest BCUT2D eigenvalue weighted by Gasteiger charge is 2.18. The van der Waals surface area contributed by atoms with Crippen molar-refractivity contribution in [2.75, 3.05) is 5.73 Å². The van der Waals surface area contributed by atoms with Crippen LogP contribution in [0.5, 0.6) is 0 Å². The number of hydrogen-bond donors (Lipinski definition) is 1. The lowest BCUT2D eigenvalue weighted by Crippen LogP contribution is -2.12. The average Bonchev–Trinajstić information content (AvgIpc) is 2.99. The molecule has 1 unspecified atom stereocenters. The van der Waals surface area contributed by atoms with Crippen LogP contribution < -0.4 is 5.73 Å². The van der Waals surface area contributed by atoms with Crippen molar-refractivity contribution in [2.45, 2.75) is 6.04 Å². The minimum absolute atomic E-state index is 0.0940. The Morgan fingerprint density at radius 3 is 2.38 bits per heavy atom. The number of nitrogens with zero attached hydrogens (tertiary/aromatic N) is 2. The van der Waals surface area contributed by atoms with Gasteiger partial charge < -0.3 is 10.3 Å². The smallest absolute Gasteiger partial charge is 0.0954 e. The van der Waals surface area contributed by atoms with Gasteiger partial charge >= 0.3 is 0 Å². The molecule has 0 amide bonds. The van der Waals surface area contributed by atoms with E-state index in [1.165, 1.54) is 0 Å². The maximum Gasteiger partial charge on any atom is 0.0954 e. The fourth-order valence-electron chi connectivity index (χ4n) is 2.36. The standard InChI is InChI=1S/C16H13Cl2N3/c17-12-3-1-11(2-4-12)16(21-8-7-20-10-21)14-9-13(18)5-6-15(14)19/h1-10,16H,19H2. The molecule has 3 aromatic rings. The molecule has 2 aromatic carbocycles. The zero-order valence-corrected chi connectivity index (χ0v) is 12.6. The number of anilines is 1. The summed E-state index contributed by atoms with van der Waals surface area (Å²) in [7, 11) is 0. The van der Waals surface area contributed by atoms with E-state index in [0.29, 0.717) is 15.7 Å². The lowest BCUT2D eigenvalue weighted by molar-refractivity contribution is 0.679. The molecule has 0 radical (unpaired) electrons. The molecule has 3 rings (SSSR count). The van der Waals surface area contributed by atoms with Crippen molar-refractivity contribution in [2.24, 2.45) is 0 Å². The Balaban J connectivity index is 2.17. The number of imidazole rings is 1. The van der Waals surface area contributed by atoms with Crippen LogP contribution in [0.25, 0.3) is 0 Å². The van der Waals surface area contributed by atoms with Crippen LogP contribution in [0.1, 0.15) is 17.2 Å². The van der Waals surface area contributed by atoms with Crippen molar-refractivity contribution in [3.63, 3.8) is 0 Å². The lowest BCUT2D eigenvalue weighted by atomic mass is 9.97. The van der Waals surface area contributed by atoms with Gasteiger partial charge in [-0.05, 0) is 35.9 Å². The van der Waals surface area contributed by atoms with Crippen LogP contribution in [0.15, 0.2) is 61.2 Å². The van der Waals surface area contributed by atoms with Crippen LogP contribution >= 0.6 is 23.2 Å². The highest BCUT2D eigenvalue weighted by atomic mass is 35.5. The van der Waals surface area contributed by atoms with Gasteiger partial charge in [-0.25, -0.2) is 4.98 Å². The van der Waals surface area contributed by atoms with Crippen LogP contribution in [0.2, 0.25) is 10.0 Å². The monoisotopic (exact) mass is 317 g/mol. The van der Waals surface area contributed by atoms with Gasteiger partial charge in [0, 0.05) is 33.7 Å². The van der Waals surface area contributed by atoms with E-state index < -0.39 is 0 Å². The normalized spacial score (nSPS) is 12.3. The van der Waals surface area contributed by atoms with E-state index in [1.807, 2.05) is 47.2 Å². The maximum absolute atomic E-state index is 6.15. The fourth-order valence-corrected chi connectivity index (χ4v) is 2.67. The highest BCUT2D eigenvalue weighted by molar-refractivity contribution is 6.31. The summed E-state index contributed by atoms with van der Waals surface area (Å²) >= 11 is 12.1. The van der Waals surface area contributed by atoms with Gasteiger partial charge in [-0.2, -0.15) is 0 Å². The molecule has 1 aromatic heterocycles. The number of aromatic nitrogens is 2. The summed E-state index contributed by atoms with van der Waals surface area (Å²) in [5.41, 5.74) is 8.83. The summed E-state index contributed by atoms with van der Waals surface area (Å²) < 4.78 is 1.99. The van der Waals surface area contributed by atoms with Crippen molar-refractivity contribution in [1.82, 2.24) is 9.55 Å². The number of nitrogen functional groups attached to an aromatic ring is 1. The first-order valence-electron chi connectivity index (χ1n) is 6.43. The first-order chi connectivity index (χ1) is 10.1. The van der Waals surface area contributed by atoms with Gasteiger partial charge in [0.2, 0.25) is 0 Å². The van der Waals surface area contributed by atoms with Gasteiger partial charge in [-0.3, -0.25) is 0 Å². The SMILES string of the molecule is Nc1ccc(Cl)cc1C(c1ccc(Cl)cc1)n1ccnc1. The molecule has 5 heteroatoms. The van der Waals surface area contributed by atoms with E-state index in [9.17, 15) is 0 Å². The first kappa shape index (κ1) is 14.0. The Labute approximate surface area is 132 Å². The van der Waals surface area contributed by atoms with Crippen LogP contribution in [0.3, 0.4) is 0 Å². The molecule has 21 heavy (non-hydrogen) atoms. The quantitative estimate of drug-likeness (QED) is 0.727. The molecule has 2 N–H and O–H groups in total. The Kier molecular flexibility index (Phi) is 3.86. The second-order valence-corrected chi connectivity index (χ2v) is 5.61. The number of hydrogen-bond acceptors (Lipinski definition) is 2. The first-order valence-corrected chi connectivity index (χ1v) is 7.18. The van der Waals surface area contributed by atoms with Crippen LogP contribution in [-0.4, -0.2) is 9.55 Å². The van der Waals surface area contributed by atoms with Gasteiger partial charge in [0.25, 0.3) is 0 Å². The third-order valence-electron chi connectivity index (χ3n) is 3.35. The molecule has 1 heterocycles. The molecule has 0 aliphatic carbocycles. The van der Waals surface area contributed by atoms with Crippen molar-refractivity contribution >= 4 is 28.9 Å². The van der Waals surface area contributed by atoms with Crippen LogP contribution in [-0.2, 0) is 0 Å². The van der Waals surface area contributed by atoms with E-state index in [0.717, 1.165) is 11.1 Å². The number of halogens is 2. The molecule has 0 saturated carbocycles. The molecule has 106 valence electrons. The topological polar surface area (TPSA) is 43.8 Å². The molecule has 0 fully saturated rings. The molecule has 0 aliphatic rings. The van der Waals surface area contributed by atoms with Gasteiger partial charge in [0.05, 0.1) is 12.4 Å². The zero-order valence-electron chi connectivity index (χ0n) is 11.1. The average molecular weight is 318 g/mol. The van der Waals surface area contributed by atoms with E-state index >= 15 is 0 Å². The maximum atomic E-state index is 6.15. The molecule has 0 aliphatic heterocycles. The van der Waals surface area contributed by atoms with E-state index in [2.05, 4.69) is 4.98 Å². The Bertz CT molecular complexity index is 737. The van der Waals surface area contributed by atoms with Crippen LogP contribution in [0.4, 0.5) is 5.69 Å². The fraction of sp³-hybridized carbons (Fsp3) is 0.0625. The van der Waals surface area contributed by atoms with Crippen molar-refractivity contribution in [3.05, 3.63) is 82.4 Å². The largest absolute Gasteiger partial charge is 0.398 e. The Morgan fingerprint density at radius 2 is 1.71 bits per heavy atom. The molecule has 3 nitrogen and oxygen atoms in total. The minimum Gasteiger partial charge on any atom is -0.398 e. The third-order valence-corrected chi connectivity index (χ3v) is 3.84. The number of nitrogens with two attached hydrogens (primary N) is 1. The van der Waals surface area contributed by atoms with E-state index in [1.54, 1.807) is 18.6 Å². The predicted molar refractivity (Wildman–Crippen MR) is 86.8 cm³/mol. The summed E-state index contributed by atoms with van der Waals surface area (Å²) in [4.78, 5) is 4.13. The minimum atomic E-state index is -0.0940. The summed E-state index contributed by atoms with van der Waals surface area (Å²) in [5.74, 6) is 0. The number of rotatable bonds is 3.